The smallest absolute Gasteiger partial charge is 0.243 e. The fourth-order valence-electron chi connectivity index (χ4n) is 8.76. The average Bonchev–Trinajstić information content (AvgIpc) is 3.85. The highest BCUT2D eigenvalue weighted by Gasteiger charge is 2.34. The number of carbonyl (C=O) groups excluding carboxylic acids is 1. The van der Waals surface area contributed by atoms with Crippen molar-refractivity contribution < 1.29 is 17.6 Å². The number of benzene rings is 5. The predicted octanol–water partition coefficient (Wildman–Crippen LogP) is 8.67. The van der Waals surface area contributed by atoms with Crippen LogP contribution in [-0.4, -0.2) is 56.7 Å². The zero-order chi connectivity index (χ0) is 36.8. The van der Waals surface area contributed by atoms with Crippen LogP contribution in [0.15, 0.2) is 119 Å². The molecule has 4 aromatic carbocycles. The number of ketones is 1. The lowest BCUT2D eigenvalue weighted by molar-refractivity contribution is -0.123. The first-order valence-electron chi connectivity index (χ1n) is 19.1. The molecule has 4 aliphatic heterocycles. The third-order valence-electron chi connectivity index (χ3n) is 11.5. The van der Waals surface area contributed by atoms with E-state index in [0.29, 0.717) is 49.3 Å². The molecule has 9 rings (SSSR count). The first-order valence-corrected chi connectivity index (χ1v) is 21.9. The summed E-state index contributed by atoms with van der Waals surface area (Å²) in [6, 6.07) is 37.1. The summed E-state index contributed by atoms with van der Waals surface area (Å²) in [7, 11) is -3.89. The average molecular weight is 755 g/mol. The Morgan fingerprint density at radius 1 is 0.833 bits per heavy atom. The van der Waals surface area contributed by atoms with Gasteiger partial charge in [-0.3, -0.25) is 4.79 Å². The predicted molar refractivity (Wildman–Crippen MR) is 219 cm³/mol. The molecule has 54 heavy (non-hydrogen) atoms. The van der Waals surface area contributed by atoms with E-state index in [4.69, 9.17) is 4.42 Å². The van der Waals surface area contributed by atoms with E-state index in [2.05, 4.69) is 101 Å². The molecular weight excluding hydrogens is 711 g/mol. The molecule has 0 N–H and O–H groups in total. The summed E-state index contributed by atoms with van der Waals surface area (Å²) in [6.07, 6.45) is 6.56. The van der Waals surface area contributed by atoms with Crippen molar-refractivity contribution in [2.45, 2.75) is 43.4 Å². The maximum atomic E-state index is 14.6. The molecule has 4 heterocycles. The topological polar surface area (TPSA) is 73.8 Å². The highest BCUT2D eigenvalue weighted by molar-refractivity contribution is 7.98. The summed E-state index contributed by atoms with van der Waals surface area (Å²) in [4.78, 5) is 15.5. The van der Waals surface area contributed by atoms with E-state index >= 15 is 0 Å². The Bertz CT molecular complexity index is 2550. The van der Waals surface area contributed by atoms with Gasteiger partial charge < -0.3 is 9.32 Å². The van der Waals surface area contributed by atoms with Crippen molar-refractivity contribution in [3.05, 3.63) is 126 Å². The molecule has 0 aromatic heterocycles. The number of rotatable bonds is 9. The van der Waals surface area contributed by atoms with Crippen LogP contribution in [0.2, 0.25) is 0 Å². The molecule has 274 valence electrons. The minimum Gasteiger partial charge on any atom is -0.456 e. The van der Waals surface area contributed by atoms with Crippen LogP contribution in [0.4, 0.5) is 17.1 Å². The molecule has 1 fully saturated rings. The van der Waals surface area contributed by atoms with E-state index in [0.717, 1.165) is 65.7 Å². The van der Waals surface area contributed by atoms with Gasteiger partial charge in [-0.05, 0) is 73.6 Å². The molecule has 0 atom stereocenters. The Morgan fingerprint density at radius 2 is 1.61 bits per heavy atom. The van der Waals surface area contributed by atoms with Crippen molar-refractivity contribution in [1.29, 1.82) is 0 Å². The number of thioether (sulfide) groups is 1. The van der Waals surface area contributed by atoms with E-state index in [1.807, 2.05) is 18.2 Å². The van der Waals surface area contributed by atoms with Crippen molar-refractivity contribution in [2.24, 2.45) is 5.92 Å². The van der Waals surface area contributed by atoms with Gasteiger partial charge in [-0.25, -0.2) is 8.42 Å². The van der Waals surface area contributed by atoms with Crippen molar-refractivity contribution in [3.63, 3.8) is 0 Å². The zero-order valence-corrected chi connectivity index (χ0v) is 32.2. The normalized spacial score (nSPS) is 17.3. The summed E-state index contributed by atoms with van der Waals surface area (Å²) in [5.41, 5.74) is 9.15. The minimum absolute atomic E-state index is 0.0780. The standard InChI is InChI=1S/C45H44N3O4S2/c1-53-28-8-14-41(49)33-20-24-46(25-21-33)54(50,51)44-15-7-4-11-38(44)45-36-18-16-34(47-26-22-31-9-2-5-12-39(31)47)29-42(36)52-43-30-35(17-19-37(43)45)48-27-23-32-10-3-6-13-40(32)48/h2-7,9-13,15-19,29-30,33H,8,14,20-28H2,1H3/q+1. The van der Waals surface area contributed by atoms with E-state index in [1.54, 1.807) is 22.1 Å². The third kappa shape index (κ3) is 6.26. The van der Waals surface area contributed by atoms with Crippen LogP contribution in [0.5, 0.6) is 0 Å². The number of Topliss-reactive ketones (excluding diaryl/α,β-unsaturated/α-hetero) is 1. The van der Waals surface area contributed by atoms with Gasteiger partial charge in [-0.15, -0.1) is 0 Å². The number of carbonyl (C=O) groups is 1. The van der Waals surface area contributed by atoms with Crippen LogP contribution >= 0.6 is 11.8 Å². The van der Waals surface area contributed by atoms with Gasteiger partial charge in [0.15, 0.2) is 6.54 Å². The van der Waals surface area contributed by atoms with E-state index in [-0.39, 0.29) is 16.6 Å². The van der Waals surface area contributed by atoms with Gasteiger partial charge in [-0.2, -0.15) is 20.6 Å². The number of piperidine rings is 1. The van der Waals surface area contributed by atoms with Crippen molar-refractivity contribution in [3.8, 4) is 22.5 Å². The second-order valence-electron chi connectivity index (χ2n) is 14.6. The Morgan fingerprint density at radius 3 is 2.46 bits per heavy atom. The minimum atomic E-state index is -3.89. The van der Waals surface area contributed by atoms with Crippen molar-refractivity contribution in [1.82, 2.24) is 8.88 Å². The van der Waals surface area contributed by atoms with Crippen LogP contribution in [-0.2, 0) is 27.7 Å². The quantitative estimate of drug-likeness (QED) is 0.0836. The van der Waals surface area contributed by atoms with Gasteiger partial charge in [-0.1, -0.05) is 54.6 Å². The van der Waals surface area contributed by atoms with Gasteiger partial charge in [0, 0.05) is 95.6 Å². The molecular formula is C45H44N3O4S2+. The largest absolute Gasteiger partial charge is 0.456 e. The summed E-state index contributed by atoms with van der Waals surface area (Å²) < 4.78 is 40.0. The second-order valence-corrected chi connectivity index (χ2v) is 17.5. The molecule has 0 saturated carbocycles. The lowest BCUT2D eigenvalue weighted by Gasteiger charge is -2.31. The highest BCUT2D eigenvalue weighted by atomic mass is 32.2. The number of anilines is 2. The fourth-order valence-corrected chi connectivity index (χ4v) is 10.9. The number of sulfonamides is 1. The van der Waals surface area contributed by atoms with E-state index < -0.39 is 10.0 Å². The van der Waals surface area contributed by atoms with Gasteiger partial charge in [0.25, 0.3) is 0 Å². The van der Waals surface area contributed by atoms with Gasteiger partial charge in [0.05, 0.1) is 11.0 Å². The molecule has 7 nitrogen and oxygen atoms in total. The van der Waals surface area contributed by atoms with Gasteiger partial charge in [0.1, 0.15) is 17.1 Å². The maximum absolute atomic E-state index is 14.6. The van der Waals surface area contributed by atoms with Crippen LogP contribution in [0.1, 0.15) is 36.8 Å². The van der Waals surface area contributed by atoms with Crippen LogP contribution < -0.4 is 14.8 Å². The molecule has 0 bridgehead atoms. The third-order valence-corrected chi connectivity index (χ3v) is 14.2. The zero-order valence-electron chi connectivity index (χ0n) is 30.5. The maximum Gasteiger partial charge on any atom is 0.243 e. The Balaban J connectivity index is 1.17. The SMILES string of the molecule is CSCCCC(=O)C1CCN(S(=O)(=O)c2ccccc2-c2c3ccc(=[N+]4CCc5ccccc54)cc-3oc3cc(N4CCc5ccccc54)ccc23)CC1. The Hall–Kier alpha value is -4.70. The lowest BCUT2D eigenvalue weighted by atomic mass is 9.91. The monoisotopic (exact) mass is 754 g/mol. The van der Waals surface area contributed by atoms with Crippen LogP contribution in [0.3, 0.4) is 0 Å². The molecule has 0 spiro atoms. The Kier molecular flexibility index (Phi) is 9.41. The van der Waals surface area contributed by atoms with Gasteiger partial charge in [0.2, 0.25) is 21.1 Å². The number of nitrogens with zero attached hydrogens (tertiary/aromatic N) is 3. The first-order chi connectivity index (χ1) is 26.4. The summed E-state index contributed by atoms with van der Waals surface area (Å²) >= 11 is 1.75. The summed E-state index contributed by atoms with van der Waals surface area (Å²) in [5, 5.41) is 1.90. The van der Waals surface area contributed by atoms with Crippen molar-refractivity contribution >= 4 is 55.6 Å². The molecule has 5 aliphatic rings. The second kappa shape index (κ2) is 14.5. The fraction of sp³-hybridized carbons (Fsp3) is 0.289. The molecule has 1 aliphatic carbocycles. The first kappa shape index (κ1) is 35.0. The molecule has 4 aromatic rings. The summed E-state index contributed by atoms with van der Waals surface area (Å²) in [6.45, 7) is 2.43. The number of fused-ring (bicyclic) bond motifs is 4. The van der Waals surface area contributed by atoms with Gasteiger partial charge >= 0.3 is 0 Å². The number of hydrogen-bond acceptors (Lipinski definition) is 6. The molecule has 9 heteroatoms. The molecule has 1 saturated heterocycles. The molecule has 0 amide bonds. The lowest BCUT2D eigenvalue weighted by Crippen LogP contribution is -2.40. The van der Waals surface area contributed by atoms with Crippen LogP contribution in [0.25, 0.3) is 33.4 Å². The molecule has 0 unspecified atom stereocenters. The van der Waals surface area contributed by atoms with Crippen molar-refractivity contribution in [2.75, 3.05) is 43.1 Å². The van der Waals surface area contributed by atoms with E-state index in [1.165, 1.54) is 22.5 Å². The summed E-state index contributed by atoms with van der Waals surface area (Å²) in [5.74, 6) is 1.85. The highest BCUT2D eigenvalue weighted by Crippen LogP contribution is 2.45. The Labute approximate surface area is 321 Å². The molecule has 0 radical (unpaired) electrons. The number of hydrogen-bond donors (Lipinski definition) is 0. The number of para-hydroxylation sites is 2. The van der Waals surface area contributed by atoms with Crippen LogP contribution in [0, 0.1) is 5.92 Å². The van der Waals surface area contributed by atoms with E-state index in [9.17, 15) is 13.2 Å².